The van der Waals surface area contributed by atoms with Crippen molar-refractivity contribution < 1.29 is 9.53 Å². The molecule has 0 unspecified atom stereocenters. The Morgan fingerprint density at radius 1 is 1.36 bits per heavy atom. The summed E-state index contributed by atoms with van der Waals surface area (Å²) < 4.78 is 6.11. The van der Waals surface area contributed by atoms with Gasteiger partial charge in [0.05, 0.1) is 5.02 Å². The van der Waals surface area contributed by atoms with E-state index in [4.69, 9.17) is 16.3 Å². The summed E-state index contributed by atoms with van der Waals surface area (Å²) in [7, 11) is 3.95. The molecule has 1 N–H and O–H groups in total. The number of amides is 1. The summed E-state index contributed by atoms with van der Waals surface area (Å²) in [6, 6.07) is 5.27. The molecule has 6 heteroatoms. The van der Waals surface area contributed by atoms with Crippen LogP contribution in [-0.4, -0.2) is 68.6 Å². The van der Waals surface area contributed by atoms with Crippen LogP contribution in [0.5, 0.6) is 5.75 Å². The van der Waals surface area contributed by atoms with Gasteiger partial charge in [-0.05, 0) is 51.1 Å². The SMILES string of the molecule is CC(C)C=CCN1CCC(Oc2ccc(C(=O)NCCN(C)C)cc2Cl)CC1. The molecule has 5 nitrogen and oxygen atoms in total. The van der Waals surface area contributed by atoms with Gasteiger partial charge in [0.1, 0.15) is 11.9 Å². The molecule has 0 spiro atoms. The number of hydrogen-bond acceptors (Lipinski definition) is 4. The summed E-state index contributed by atoms with van der Waals surface area (Å²) in [6.45, 7) is 8.84. The molecule has 1 saturated heterocycles. The third-order valence-electron chi connectivity index (χ3n) is 4.75. The molecule has 156 valence electrons. The minimum Gasteiger partial charge on any atom is -0.489 e. The van der Waals surface area contributed by atoms with Gasteiger partial charge in [-0.25, -0.2) is 0 Å². The van der Waals surface area contributed by atoms with E-state index in [9.17, 15) is 4.79 Å². The molecule has 1 aromatic carbocycles. The lowest BCUT2D eigenvalue weighted by Gasteiger charge is -2.31. The zero-order chi connectivity index (χ0) is 20.5. The van der Waals surface area contributed by atoms with Crippen molar-refractivity contribution in [1.29, 1.82) is 0 Å². The minimum atomic E-state index is -0.113. The molecule has 1 heterocycles. The molecule has 0 radical (unpaired) electrons. The summed E-state index contributed by atoms with van der Waals surface area (Å²) in [4.78, 5) is 16.7. The number of carbonyl (C=O) groups is 1. The Morgan fingerprint density at radius 3 is 2.68 bits per heavy atom. The number of ether oxygens (including phenoxy) is 1. The zero-order valence-corrected chi connectivity index (χ0v) is 18.3. The quantitative estimate of drug-likeness (QED) is 0.634. The highest BCUT2D eigenvalue weighted by Gasteiger charge is 2.21. The molecule has 0 atom stereocenters. The van der Waals surface area contributed by atoms with Gasteiger partial charge in [-0.1, -0.05) is 37.6 Å². The second kappa shape index (κ2) is 11.4. The van der Waals surface area contributed by atoms with Crippen LogP contribution in [0.2, 0.25) is 5.02 Å². The number of carbonyl (C=O) groups excluding carboxylic acids is 1. The van der Waals surface area contributed by atoms with E-state index in [2.05, 4.69) is 36.2 Å². The first-order chi connectivity index (χ1) is 13.3. The van der Waals surface area contributed by atoms with Crippen LogP contribution in [0.25, 0.3) is 0 Å². The van der Waals surface area contributed by atoms with Gasteiger partial charge >= 0.3 is 0 Å². The number of likely N-dealkylation sites (tertiary alicyclic amines) is 1. The van der Waals surface area contributed by atoms with Gasteiger partial charge in [0.25, 0.3) is 5.91 Å². The van der Waals surface area contributed by atoms with E-state index in [0.717, 1.165) is 39.0 Å². The van der Waals surface area contributed by atoms with E-state index < -0.39 is 0 Å². The Kier molecular flexibility index (Phi) is 9.29. The normalized spacial score (nSPS) is 16.2. The molecule has 0 aliphatic carbocycles. The lowest BCUT2D eigenvalue weighted by atomic mass is 10.1. The number of allylic oxidation sites excluding steroid dienone is 1. The lowest BCUT2D eigenvalue weighted by molar-refractivity contribution is 0.0950. The number of halogens is 1. The van der Waals surface area contributed by atoms with Crippen molar-refractivity contribution in [1.82, 2.24) is 15.1 Å². The topological polar surface area (TPSA) is 44.8 Å². The Balaban J connectivity index is 1.81. The molecule has 0 saturated carbocycles. The first kappa shape index (κ1) is 22.7. The smallest absolute Gasteiger partial charge is 0.251 e. The first-order valence-corrected chi connectivity index (χ1v) is 10.5. The van der Waals surface area contributed by atoms with E-state index in [1.807, 2.05) is 19.0 Å². The summed E-state index contributed by atoms with van der Waals surface area (Å²) >= 11 is 6.37. The van der Waals surface area contributed by atoms with Crippen LogP contribution in [0.1, 0.15) is 37.0 Å². The van der Waals surface area contributed by atoms with Gasteiger partial charge in [0, 0.05) is 38.3 Å². The molecule has 28 heavy (non-hydrogen) atoms. The van der Waals surface area contributed by atoms with Crippen molar-refractivity contribution in [2.75, 3.05) is 46.8 Å². The highest BCUT2D eigenvalue weighted by molar-refractivity contribution is 6.32. The Hall–Kier alpha value is -1.56. The Labute approximate surface area is 174 Å². The van der Waals surface area contributed by atoms with Crippen LogP contribution in [0.3, 0.4) is 0 Å². The maximum absolute atomic E-state index is 12.2. The maximum Gasteiger partial charge on any atom is 0.251 e. The predicted molar refractivity (Wildman–Crippen MR) is 116 cm³/mol. The molecule has 0 aromatic heterocycles. The average molecular weight is 408 g/mol. The number of piperidine rings is 1. The van der Waals surface area contributed by atoms with Crippen LogP contribution in [0.15, 0.2) is 30.4 Å². The first-order valence-electron chi connectivity index (χ1n) is 10.1. The number of hydrogen-bond donors (Lipinski definition) is 1. The number of likely N-dealkylation sites (N-methyl/N-ethyl adjacent to an activating group) is 1. The van der Waals surface area contributed by atoms with E-state index in [1.54, 1.807) is 18.2 Å². The summed E-state index contributed by atoms with van der Waals surface area (Å²) in [5.74, 6) is 1.14. The van der Waals surface area contributed by atoms with E-state index in [1.165, 1.54) is 0 Å². The monoisotopic (exact) mass is 407 g/mol. The van der Waals surface area contributed by atoms with Crippen LogP contribution in [0, 0.1) is 5.92 Å². The van der Waals surface area contributed by atoms with Crippen molar-refractivity contribution >= 4 is 17.5 Å². The van der Waals surface area contributed by atoms with Gasteiger partial charge in [-0.2, -0.15) is 0 Å². The van der Waals surface area contributed by atoms with Crippen molar-refractivity contribution in [2.45, 2.75) is 32.8 Å². The second-order valence-electron chi connectivity index (χ2n) is 7.99. The van der Waals surface area contributed by atoms with E-state index in [-0.39, 0.29) is 12.0 Å². The van der Waals surface area contributed by atoms with Crippen LogP contribution >= 0.6 is 11.6 Å². The highest BCUT2D eigenvalue weighted by atomic mass is 35.5. The van der Waals surface area contributed by atoms with Crippen molar-refractivity contribution in [3.63, 3.8) is 0 Å². The molecule has 1 aromatic rings. The lowest BCUT2D eigenvalue weighted by Crippen LogP contribution is -2.38. The fraction of sp³-hybridized carbons (Fsp3) is 0.591. The minimum absolute atomic E-state index is 0.113. The van der Waals surface area contributed by atoms with Crippen LogP contribution in [0.4, 0.5) is 0 Å². The third-order valence-corrected chi connectivity index (χ3v) is 5.05. The Morgan fingerprint density at radius 2 is 2.07 bits per heavy atom. The number of rotatable bonds is 9. The van der Waals surface area contributed by atoms with E-state index >= 15 is 0 Å². The molecule has 1 aliphatic rings. The van der Waals surface area contributed by atoms with Crippen LogP contribution < -0.4 is 10.1 Å². The number of benzene rings is 1. The molecular formula is C22H34ClN3O2. The van der Waals surface area contributed by atoms with Crippen molar-refractivity contribution in [3.05, 3.63) is 40.9 Å². The second-order valence-corrected chi connectivity index (χ2v) is 8.40. The summed E-state index contributed by atoms with van der Waals surface area (Å²) in [5, 5.41) is 3.38. The highest BCUT2D eigenvalue weighted by Crippen LogP contribution is 2.28. The van der Waals surface area contributed by atoms with Crippen molar-refractivity contribution in [2.24, 2.45) is 5.92 Å². The van der Waals surface area contributed by atoms with Gasteiger partial charge in [-0.15, -0.1) is 0 Å². The standard InChI is InChI=1S/C22H34ClN3O2/c1-17(2)6-5-12-26-13-9-19(10-14-26)28-21-8-7-18(16-20(21)23)22(27)24-11-15-25(3)4/h5-8,16-17,19H,9-15H2,1-4H3,(H,24,27). The fourth-order valence-corrected chi connectivity index (χ4v) is 3.33. The largest absolute Gasteiger partial charge is 0.489 e. The van der Waals surface area contributed by atoms with Crippen LogP contribution in [-0.2, 0) is 0 Å². The van der Waals surface area contributed by atoms with E-state index in [0.29, 0.717) is 28.8 Å². The van der Waals surface area contributed by atoms with Gasteiger partial charge in [0.2, 0.25) is 0 Å². The Bertz CT molecular complexity index is 653. The molecule has 2 rings (SSSR count). The van der Waals surface area contributed by atoms with Crippen molar-refractivity contribution in [3.8, 4) is 5.75 Å². The third kappa shape index (κ3) is 7.82. The average Bonchev–Trinajstić information content (AvgIpc) is 2.64. The molecular weight excluding hydrogens is 374 g/mol. The van der Waals surface area contributed by atoms with Gasteiger partial charge in [0.15, 0.2) is 0 Å². The molecule has 0 bridgehead atoms. The molecule has 1 aliphatic heterocycles. The fourth-order valence-electron chi connectivity index (χ4n) is 3.10. The summed E-state index contributed by atoms with van der Waals surface area (Å²) in [5.41, 5.74) is 0.558. The van der Waals surface area contributed by atoms with Gasteiger partial charge < -0.3 is 15.0 Å². The van der Waals surface area contributed by atoms with Gasteiger partial charge in [-0.3, -0.25) is 9.69 Å². The molecule has 1 fully saturated rings. The number of nitrogens with zero attached hydrogens (tertiary/aromatic N) is 2. The molecule has 1 amide bonds. The zero-order valence-electron chi connectivity index (χ0n) is 17.6. The number of nitrogens with one attached hydrogen (secondary N) is 1. The summed E-state index contributed by atoms with van der Waals surface area (Å²) in [6.07, 6.45) is 6.64. The predicted octanol–water partition coefficient (Wildman–Crippen LogP) is 3.69. The maximum atomic E-state index is 12.2.